The van der Waals surface area contributed by atoms with Crippen molar-refractivity contribution in [2.45, 2.75) is 33.4 Å². The van der Waals surface area contributed by atoms with Gasteiger partial charge in [-0.15, -0.1) is 0 Å². The van der Waals surface area contributed by atoms with Gasteiger partial charge in [0.25, 0.3) is 5.91 Å². The van der Waals surface area contributed by atoms with Gasteiger partial charge in [-0.3, -0.25) is 4.79 Å². The smallest absolute Gasteiger partial charge is 0.306 e. The third kappa shape index (κ3) is 7.12. The molecule has 41 heavy (non-hydrogen) atoms. The van der Waals surface area contributed by atoms with Crippen LogP contribution in [0.4, 0.5) is 0 Å². The summed E-state index contributed by atoms with van der Waals surface area (Å²) in [5.74, 6) is 1.68. The zero-order valence-electron chi connectivity index (χ0n) is 23.8. The molecule has 0 fully saturated rings. The average molecular weight is 600 g/mol. The lowest BCUT2D eigenvalue weighted by atomic mass is 10.1. The molecule has 3 aromatic carbocycles. The van der Waals surface area contributed by atoms with E-state index in [1.54, 1.807) is 29.2 Å². The molecule has 218 valence electrons. The maximum Gasteiger partial charge on any atom is 0.306 e. The molecule has 11 heteroatoms. The predicted octanol–water partition coefficient (Wildman–Crippen LogP) is 5.78. The fraction of sp³-hybridized carbons (Fsp3) is 0.333. The average Bonchev–Trinajstić information content (AvgIpc) is 3.27. The SMILES string of the molecule is COc1ccc(C(=O)N(CCC(C)C)Cc2nc3ccccc3n2Cc2ccccc2OS(C)(=O)=O)c(Cl)c1OC. The first kappa shape index (κ1) is 30.2. The number of halogens is 1. The van der Waals surface area contributed by atoms with Crippen LogP contribution in [0.25, 0.3) is 11.0 Å². The molecule has 1 amide bonds. The number of imidazole rings is 1. The van der Waals surface area contributed by atoms with Crippen LogP contribution in [0, 0.1) is 5.92 Å². The van der Waals surface area contributed by atoms with Crippen LogP contribution >= 0.6 is 11.6 Å². The fourth-order valence-electron chi connectivity index (χ4n) is 4.53. The molecule has 4 aromatic rings. The van der Waals surface area contributed by atoms with Gasteiger partial charge < -0.3 is 23.1 Å². The van der Waals surface area contributed by atoms with Crippen LogP contribution in [-0.2, 0) is 23.2 Å². The third-order valence-corrected chi connectivity index (χ3v) is 7.44. The zero-order valence-corrected chi connectivity index (χ0v) is 25.3. The van der Waals surface area contributed by atoms with E-state index in [2.05, 4.69) is 13.8 Å². The molecule has 0 unspecified atom stereocenters. The van der Waals surface area contributed by atoms with Crippen molar-refractivity contribution in [3.05, 3.63) is 82.6 Å². The Bertz CT molecular complexity index is 1650. The van der Waals surface area contributed by atoms with Gasteiger partial charge in [-0.25, -0.2) is 4.98 Å². The second-order valence-corrected chi connectivity index (χ2v) is 12.0. The molecular formula is C30H34ClN3O6S. The summed E-state index contributed by atoms with van der Waals surface area (Å²) in [7, 11) is -0.749. The van der Waals surface area contributed by atoms with E-state index in [0.717, 1.165) is 23.7 Å². The molecule has 4 rings (SSSR count). The van der Waals surface area contributed by atoms with Crippen molar-refractivity contribution in [3.63, 3.8) is 0 Å². The molecule has 0 saturated heterocycles. The number of rotatable bonds is 12. The molecule has 0 aliphatic heterocycles. The Morgan fingerprint density at radius 2 is 1.71 bits per heavy atom. The molecule has 0 N–H and O–H groups in total. The van der Waals surface area contributed by atoms with Gasteiger partial charge in [0.15, 0.2) is 11.5 Å². The lowest BCUT2D eigenvalue weighted by Crippen LogP contribution is -2.33. The van der Waals surface area contributed by atoms with E-state index >= 15 is 0 Å². The normalized spacial score (nSPS) is 11.6. The molecule has 0 bridgehead atoms. The van der Waals surface area contributed by atoms with Gasteiger partial charge in [0, 0.05) is 12.1 Å². The molecule has 1 heterocycles. The van der Waals surface area contributed by atoms with E-state index in [9.17, 15) is 13.2 Å². The van der Waals surface area contributed by atoms with Gasteiger partial charge in [0.1, 0.15) is 11.6 Å². The number of nitrogens with zero attached hydrogens (tertiary/aromatic N) is 3. The van der Waals surface area contributed by atoms with Crippen molar-refractivity contribution in [2.75, 3.05) is 27.0 Å². The van der Waals surface area contributed by atoms with Gasteiger partial charge in [0.05, 0.1) is 55.2 Å². The summed E-state index contributed by atoms with van der Waals surface area (Å²) < 4.78 is 41.8. The van der Waals surface area contributed by atoms with Gasteiger partial charge in [0.2, 0.25) is 0 Å². The number of carbonyl (C=O) groups is 1. The summed E-state index contributed by atoms with van der Waals surface area (Å²) in [6, 6.07) is 17.9. The van der Waals surface area contributed by atoms with E-state index in [4.69, 9.17) is 30.2 Å². The van der Waals surface area contributed by atoms with E-state index in [1.165, 1.54) is 14.2 Å². The van der Waals surface area contributed by atoms with Crippen LogP contribution in [0.1, 0.15) is 42.0 Å². The minimum Gasteiger partial charge on any atom is -0.493 e. The highest BCUT2D eigenvalue weighted by Gasteiger charge is 2.25. The minimum absolute atomic E-state index is 0.173. The Balaban J connectivity index is 1.77. The number of benzene rings is 3. The Hall–Kier alpha value is -3.76. The highest BCUT2D eigenvalue weighted by atomic mass is 35.5. The Morgan fingerprint density at radius 3 is 2.39 bits per heavy atom. The van der Waals surface area contributed by atoms with Crippen LogP contribution in [0.3, 0.4) is 0 Å². The number of para-hydroxylation sites is 3. The highest BCUT2D eigenvalue weighted by molar-refractivity contribution is 7.86. The van der Waals surface area contributed by atoms with E-state index in [-0.39, 0.29) is 29.8 Å². The number of hydrogen-bond acceptors (Lipinski definition) is 7. The molecule has 0 aliphatic carbocycles. The number of carbonyl (C=O) groups excluding carboxylic acids is 1. The molecule has 0 aliphatic rings. The summed E-state index contributed by atoms with van der Waals surface area (Å²) >= 11 is 6.63. The number of amides is 1. The quantitative estimate of drug-likeness (QED) is 0.190. The summed E-state index contributed by atoms with van der Waals surface area (Å²) in [4.78, 5) is 20.6. The maximum absolute atomic E-state index is 14.0. The topological polar surface area (TPSA) is 100.0 Å². The number of hydrogen-bond donors (Lipinski definition) is 0. The fourth-order valence-corrected chi connectivity index (χ4v) is 5.34. The summed E-state index contributed by atoms with van der Waals surface area (Å²) in [5, 5.41) is 0.173. The largest absolute Gasteiger partial charge is 0.493 e. The summed E-state index contributed by atoms with van der Waals surface area (Å²) in [6.07, 6.45) is 1.78. The molecule has 0 spiro atoms. The first-order valence-electron chi connectivity index (χ1n) is 13.1. The Morgan fingerprint density at radius 1 is 1.00 bits per heavy atom. The molecule has 0 saturated carbocycles. The Kier molecular flexibility index (Phi) is 9.45. The minimum atomic E-state index is -3.73. The molecule has 0 radical (unpaired) electrons. The van der Waals surface area contributed by atoms with Crippen LogP contribution in [-0.4, -0.2) is 55.8 Å². The van der Waals surface area contributed by atoms with Crippen LogP contribution in [0.15, 0.2) is 60.7 Å². The van der Waals surface area contributed by atoms with E-state index < -0.39 is 10.1 Å². The van der Waals surface area contributed by atoms with Gasteiger partial charge in [-0.1, -0.05) is 55.8 Å². The van der Waals surface area contributed by atoms with Gasteiger partial charge >= 0.3 is 10.1 Å². The van der Waals surface area contributed by atoms with Crippen molar-refractivity contribution in [3.8, 4) is 17.2 Å². The van der Waals surface area contributed by atoms with Crippen LogP contribution < -0.4 is 13.7 Å². The lowest BCUT2D eigenvalue weighted by Gasteiger charge is -2.25. The second-order valence-electron chi connectivity index (χ2n) is 10.1. The summed E-state index contributed by atoms with van der Waals surface area (Å²) in [6.45, 7) is 5.14. The van der Waals surface area contributed by atoms with E-state index in [1.807, 2.05) is 41.0 Å². The Labute approximate surface area is 245 Å². The molecule has 0 atom stereocenters. The first-order chi connectivity index (χ1) is 19.5. The number of ether oxygens (including phenoxy) is 2. The second kappa shape index (κ2) is 12.8. The van der Waals surface area contributed by atoms with Crippen LogP contribution in [0.2, 0.25) is 5.02 Å². The van der Waals surface area contributed by atoms with Crippen molar-refractivity contribution in [1.82, 2.24) is 14.5 Å². The van der Waals surface area contributed by atoms with Crippen molar-refractivity contribution in [2.24, 2.45) is 5.92 Å². The molecule has 9 nitrogen and oxygen atoms in total. The number of methoxy groups -OCH3 is 2. The number of aromatic nitrogens is 2. The van der Waals surface area contributed by atoms with E-state index in [0.29, 0.717) is 40.9 Å². The monoisotopic (exact) mass is 599 g/mol. The maximum atomic E-state index is 14.0. The molecule has 1 aromatic heterocycles. The highest BCUT2D eigenvalue weighted by Crippen LogP contribution is 2.38. The predicted molar refractivity (Wildman–Crippen MR) is 160 cm³/mol. The van der Waals surface area contributed by atoms with Crippen molar-refractivity contribution >= 4 is 38.7 Å². The van der Waals surface area contributed by atoms with Crippen molar-refractivity contribution < 1.29 is 26.9 Å². The third-order valence-electron chi connectivity index (χ3n) is 6.59. The first-order valence-corrected chi connectivity index (χ1v) is 15.3. The number of fused-ring (bicyclic) bond motifs is 1. The van der Waals surface area contributed by atoms with Gasteiger partial charge in [-0.2, -0.15) is 8.42 Å². The molecular weight excluding hydrogens is 566 g/mol. The van der Waals surface area contributed by atoms with Crippen LogP contribution in [0.5, 0.6) is 17.2 Å². The van der Waals surface area contributed by atoms with Crippen molar-refractivity contribution in [1.29, 1.82) is 0 Å². The lowest BCUT2D eigenvalue weighted by molar-refractivity contribution is 0.0729. The standard InChI is InChI=1S/C30H34ClN3O6S/c1-20(2)16-17-33(30(35)22-14-15-26(38-3)29(39-4)28(22)31)19-27-32-23-11-7-8-12-24(23)34(27)18-21-10-6-9-13-25(21)40-41(5,36)37/h6-15,20H,16-19H2,1-5H3. The zero-order chi connectivity index (χ0) is 29.7. The summed E-state index contributed by atoms with van der Waals surface area (Å²) in [5.41, 5.74) is 2.55. The van der Waals surface area contributed by atoms with Gasteiger partial charge in [-0.05, 0) is 42.7 Å².